The number of nitrogens with zero attached hydrogens (tertiary/aromatic N) is 1. The summed E-state index contributed by atoms with van der Waals surface area (Å²) in [5.41, 5.74) is 3.61. The Hall–Kier alpha value is -2.11. The lowest BCUT2D eigenvalue weighted by Gasteiger charge is -2.16. The molecule has 1 aromatic heterocycles. The van der Waals surface area contributed by atoms with Crippen LogP contribution in [0.25, 0.3) is 0 Å². The molecule has 102 valence electrons. The number of hydrogen-bond donors (Lipinski definition) is 2. The lowest BCUT2D eigenvalue weighted by atomic mass is 10.1. The molecular weight excluding hydrogens is 246 g/mol. The quantitative estimate of drug-likeness (QED) is 0.863. The maximum Gasteiger partial charge on any atom is 0.267 e. The molecule has 1 atom stereocenters. The lowest BCUT2D eigenvalue weighted by molar-refractivity contribution is -0.121. The number of hydrogen-bond acceptors (Lipinski definition) is 4. The summed E-state index contributed by atoms with van der Waals surface area (Å²) < 4.78 is 5.44. The fourth-order valence-electron chi connectivity index (χ4n) is 2.08. The molecule has 0 spiro atoms. The van der Waals surface area contributed by atoms with Crippen LogP contribution in [0, 0.1) is 13.8 Å². The molecule has 0 saturated heterocycles. The van der Waals surface area contributed by atoms with Gasteiger partial charge in [-0.3, -0.25) is 9.59 Å². The summed E-state index contributed by atoms with van der Waals surface area (Å²) >= 11 is 0. The summed E-state index contributed by atoms with van der Waals surface area (Å²) in [7, 11) is 0. The number of hydrazone groups is 1. The van der Waals surface area contributed by atoms with Crippen molar-refractivity contribution in [3.05, 3.63) is 23.2 Å². The van der Waals surface area contributed by atoms with Crippen molar-refractivity contribution in [1.29, 1.82) is 0 Å². The number of rotatable bonds is 3. The maximum absolute atomic E-state index is 12.0. The molecule has 1 aromatic rings. The van der Waals surface area contributed by atoms with Crippen molar-refractivity contribution >= 4 is 17.5 Å². The van der Waals surface area contributed by atoms with E-state index in [0.717, 1.165) is 17.1 Å². The third kappa shape index (κ3) is 3.01. The number of aryl methyl sites for hydroxylation is 2. The third-order valence-corrected chi connectivity index (χ3v) is 3.06. The van der Waals surface area contributed by atoms with Crippen LogP contribution in [0.3, 0.4) is 0 Å². The van der Waals surface area contributed by atoms with Crippen molar-refractivity contribution in [2.75, 3.05) is 0 Å². The average molecular weight is 263 g/mol. The number of amides is 2. The molecule has 0 aromatic carbocycles. The maximum atomic E-state index is 12.0. The standard InChI is InChI=1S/C13H17N3O3/c1-7-6-10(9(3)19-7)8(2)14-13(18)11-4-5-12(17)16-15-11/h6,8H,4-5H2,1-3H3,(H,14,18)(H,16,17). The van der Waals surface area contributed by atoms with Crippen LogP contribution in [0.4, 0.5) is 0 Å². The molecule has 0 radical (unpaired) electrons. The Morgan fingerprint density at radius 1 is 1.47 bits per heavy atom. The molecule has 0 saturated carbocycles. The predicted octanol–water partition coefficient (Wildman–Crippen LogP) is 1.34. The molecule has 2 rings (SSSR count). The van der Waals surface area contributed by atoms with Gasteiger partial charge >= 0.3 is 0 Å². The second-order valence-electron chi connectivity index (χ2n) is 4.66. The smallest absolute Gasteiger partial charge is 0.267 e. The number of carbonyl (C=O) groups excluding carboxylic acids is 2. The van der Waals surface area contributed by atoms with Gasteiger partial charge in [0.2, 0.25) is 5.91 Å². The molecule has 2 heterocycles. The van der Waals surface area contributed by atoms with Gasteiger partial charge in [0, 0.05) is 18.4 Å². The minimum Gasteiger partial charge on any atom is -0.466 e. The normalized spacial score (nSPS) is 16.6. The molecular formula is C13H17N3O3. The van der Waals surface area contributed by atoms with E-state index < -0.39 is 0 Å². The van der Waals surface area contributed by atoms with Gasteiger partial charge in [-0.15, -0.1) is 0 Å². The van der Waals surface area contributed by atoms with Crippen molar-refractivity contribution in [1.82, 2.24) is 10.7 Å². The van der Waals surface area contributed by atoms with Crippen molar-refractivity contribution in [2.45, 2.75) is 39.7 Å². The summed E-state index contributed by atoms with van der Waals surface area (Å²) in [6.07, 6.45) is 0.665. The molecule has 1 aliphatic heterocycles. The van der Waals surface area contributed by atoms with E-state index in [1.54, 1.807) is 0 Å². The van der Waals surface area contributed by atoms with Gasteiger partial charge in [-0.1, -0.05) is 0 Å². The highest BCUT2D eigenvalue weighted by Crippen LogP contribution is 2.21. The van der Waals surface area contributed by atoms with Gasteiger partial charge in [0.25, 0.3) is 5.91 Å². The number of furan rings is 1. The molecule has 1 aliphatic rings. The Morgan fingerprint density at radius 3 is 2.74 bits per heavy atom. The van der Waals surface area contributed by atoms with Gasteiger partial charge in [0.1, 0.15) is 17.2 Å². The van der Waals surface area contributed by atoms with Gasteiger partial charge in [0.15, 0.2) is 0 Å². The monoisotopic (exact) mass is 263 g/mol. The predicted molar refractivity (Wildman–Crippen MR) is 69.6 cm³/mol. The van der Waals surface area contributed by atoms with Gasteiger partial charge in [0.05, 0.1) is 6.04 Å². The first kappa shape index (κ1) is 13.3. The minimum absolute atomic E-state index is 0.161. The second-order valence-corrected chi connectivity index (χ2v) is 4.66. The first-order valence-corrected chi connectivity index (χ1v) is 6.20. The average Bonchev–Trinajstić information content (AvgIpc) is 2.69. The van der Waals surface area contributed by atoms with E-state index in [1.807, 2.05) is 26.8 Å². The molecule has 6 heteroatoms. The van der Waals surface area contributed by atoms with Gasteiger partial charge in [-0.05, 0) is 26.8 Å². The highest BCUT2D eigenvalue weighted by Gasteiger charge is 2.21. The zero-order chi connectivity index (χ0) is 14.0. The second kappa shape index (κ2) is 5.26. The molecule has 2 amide bonds. The Labute approximate surface area is 111 Å². The summed E-state index contributed by atoms with van der Waals surface area (Å²) in [6.45, 7) is 5.62. The SMILES string of the molecule is Cc1cc(C(C)NC(=O)C2=NNC(=O)CC2)c(C)o1. The van der Waals surface area contributed by atoms with E-state index >= 15 is 0 Å². The molecule has 0 aliphatic carbocycles. The van der Waals surface area contributed by atoms with E-state index in [0.29, 0.717) is 18.6 Å². The zero-order valence-corrected chi connectivity index (χ0v) is 11.2. The Balaban J connectivity index is 2.03. The molecule has 19 heavy (non-hydrogen) atoms. The van der Waals surface area contributed by atoms with Crippen molar-refractivity contribution < 1.29 is 14.0 Å². The van der Waals surface area contributed by atoms with Gasteiger partial charge < -0.3 is 9.73 Å². The van der Waals surface area contributed by atoms with Crippen molar-refractivity contribution in [2.24, 2.45) is 5.10 Å². The zero-order valence-electron chi connectivity index (χ0n) is 11.2. The van der Waals surface area contributed by atoms with Crippen LogP contribution in [-0.2, 0) is 9.59 Å². The van der Waals surface area contributed by atoms with Crippen LogP contribution in [-0.4, -0.2) is 17.5 Å². The Morgan fingerprint density at radius 2 is 2.21 bits per heavy atom. The van der Waals surface area contributed by atoms with E-state index in [9.17, 15) is 9.59 Å². The van der Waals surface area contributed by atoms with Crippen LogP contribution < -0.4 is 10.7 Å². The van der Waals surface area contributed by atoms with Crippen molar-refractivity contribution in [3.8, 4) is 0 Å². The largest absolute Gasteiger partial charge is 0.466 e. The van der Waals surface area contributed by atoms with Gasteiger partial charge in [-0.25, -0.2) is 5.43 Å². The molecule has 6 nitrogen and oxygen atoms in total. The fourth-order valence-corrected chi connectivity index (χ4v) is 2.08. The van der Waals surface area contributed by atoms with Gasteiger partial charge in [-0.2, -0.15) is 5.10 Å². The van der Waals surface area contributed by atoms with Crippen molar-refractivity contribution in [3.63, 3.8) is 0 Å². The minimum atomic E-state index is -0.259. The molecule has 0 fully saturated rings. The molecule has 1 unspecified atom stereocenters. The number of carbonyl (C=O) groups is 2. The number of nitrogens with one attached hydrogen (secondary N) is 2. The van der Waals surface area contributed by atoms with Crippen LogP contribution >= 0.6 is 0 Å². The molecule has 2 N–H and O–H groups in total. The van der Waals surface area contributed by atoms with Crippen LogP contribution in [0.2, 0.25) is 0 Å². The first-order chi connectivity index (χ1) is 8.97. The highest BCUT2D eigenvalue weighted by atomic mass is 16.3. The van der Waals surface area contributed by atoms with Crippen LogP contribution in [0.1, 0.15) is 42.9 Å². The van der Waals surface area contributed by atoms with E-state index in [1.165, 1.54) is 0 Å². The van der Waals surface area contributed by atoms with E-state index in [4.69, 9.17) is 4.42 Å². The highest BCUT2D eigenvalue weighted by molar-refractivity contribution is 6.39. The Bertz CT molecular complexity index is 545. The summed E-state index contributed by atoms with van der Waals surface area (Å²) in [5, 5.41) is 6.62. The summed E-state index contributed by atoms with van der Waals surface area (Å²) in [6, 6.07) is 1.75. The summed E-state index contributed by atoms with van der Waals surface area (Å²) in [5.74, 6) is 1.19. The van der Waals surface area contributed by atoms with E-state index in [2.05, 4.69) is 15.8 Å². The lowest BCUT2D eigenvalue weighted by Crippen LogP contribution is -2.38. The fraction of sp³-hybridized carbons (Fsp3) is 0.462. The Kier molecular flexibility index (Phi) is 3.69. The van der Waals surface area contributed by atoms with Crippen LogP contribution in [0.15, 0.2) is 15.6 Å². The molecule has 0 bridgehead atoms. The summed E-state index contributed by atoms with van der Waals surface area (Å²) in [4.78, 5) is 22.9. The first-order valence-electron chi connectivity index (χ1n) is 6.20. The van der Waals surface area contributed by atoms with Crippen LogP contribution in [0.5, 0.6) is 0 Å². The third-order valence-electron chi connectivity index (χ3n) is 3.06. The topological polar surface area (TPSA) is 83.7 Å². The van der Waals surface area contributed by atoms with E-state index in [-0.39, 0.29) is 17.9 Å².